The second kappa shape index (κ2) is 4.67. The van der Waals surface area contributed by atoms with E-state index in [1.54, 1.807) is 6.07 Å². The summed E-state index contributed by atoms with van der Waals surface area (Å²) < 4.78 is 10.7. The fourth-order valence-corrected chi connectivity index (χ4v) is 2.51. The van der Waals surface area contributed by atoms with Gasteiger partial charge in [0.25, 0.3) is 0 Å². The van der Waals surface area contributed by atoms with Gasteiger partial charge in [0.2, 0.25) is 0 Å². The molecule has 2 heterocycles. The van der Waals surface area contributed by atoms with Crippen molar-refractivity contribution in [1.82, 2.24) is 0 Å². The molecule has 1 aromatic carbocycles. The maximum atomic E-state index is 10.4. The third-order valence-electron chi connectivity index (χ3n) is 3.20. The monoisotopic (exact) mass is 264 g/mol. The zero-order valence-corrected chi connectivity index (χ0v) is 10.5. The number of fused-ring (bicyclic) bond motifs is 1. The summed E-state index contributed by atoms with van der Waals surface area (Å²) in [5, 5.41) is 10.6. The molecule has 0 amide bonds. The van der Waals surface area contributed by atoms with Crippen LogP contribution in [0.1, 0.15) is 29.2 Å². The highest BCUT2D eigenvalue weighted by Crippen LogP contribution is 2.37. The second-order valence-corrected chi connectivity index (χ2v) is 4.68. The van der Waals surface area contributed by atoms with E-state index in [1.807, 2.05) is 18.2 Å². The van der Waals surface area contributed by atoms with Gasteiger partial charge in [-0.05, 0) is 36.1 Å². The first kappa shape index (κ1) is 11.6. The number of hydrogen-bond acceptors (Lipinski definition) is 3. The Balaban J connectivity index is 2.04. The number of ether oxygens (including phenoxy) is 1. The molecule has 0 saturated carbocycles. The van der Waals surface area contributed by atoms with Gasteiger partial charge in [-0.1, -0.05) is 18.2 Å². The lowest BCUT2D eigenvalue weighted by molar-refractivity contribution is 0.206. The highest BCUT2D eigenvalue weighted by atomic mass is 35.5. The van der Waals surface area contributed by atoms with Crippen LogP contribution in [-0.4, -0.2) is 11.7 Å². The summed E-state index contributed by atoms with van der Waals surface area (Å²) in [7, 11) is 0. The molecule has 2 aromatic rings. The van der Waals surface area contributed by atoms with E-state index in [9.17, 15) is 5.11 Å². The van der Waals surface area contributed by atoms with E-state index >= 15 is 0 Å². The van der Waals surface area contributed by atoms with Gasteiger partial charge in [0.15, 0.2) is 5.22 Å². The number of furan rings is 1. The molecule has 94 valence electrons. The number of hydrogen-bond donors (Lipinski definition) is 1. The average Bonchev–Trinajstić information content (AvgIpc) is 2.83. The summed E-state index contributed by atoms with van der Waals surface area (Å²) in [6, 6.07) is 7.50. The summed E-state index contributed by atoms with van der Waals surface area (Å²) in [4.78, 5) is 0. The fraction of sp³-hybridized carbons (Fsp3) is 0.286. The third-order valence-corrected chi connectivity index (χ3v) is 3.51. The number of aliphatic hydroxyl groups excluding tert-OH is 1. The molecule has 0 saturated heterocycles. The summed E-state index contributed by atoms with van der Waals surface area (Å²) >= 11 is 5.90. The van der Waals surface area contributed by atoms with Gasteiger partial charge in [0.1, 0.15) is 11.9 Å². The predicted molar refractivity (Wildman–Crippen MR) is 68.0 cm³/mol. The zero-order valence-electron chi connectivity index (χ0n) is 9.73. The molecular weight excluding hydrogens is 252 g/mol. The first-order chi connectivity index (χ1) is 8.77. The molecule has 0 aliphatic carbocycles. The van der Waals surface area contributed by atoms with Crippen molar-refractivity contribution in [2.45, 2.75) is 18.9 Å². The minimum absolute atomic E-state index is 0.218. The maximum Gasteiger partial charge on any atom is 0.199 e. The molecular formula is C14H13ClO3. The van der Waals surface area contributed by atoms with Gasteiger partial charge in [0, 0.05) is 11.1 Å². The first-order valence-corrected chi connectivity index (χ1v) is 6.30. The van der Waals surface area contributed by atoms with Crippen LogP contribution >= 0.6 is 11.6 Å². The number of aliphatic hydroxyl groups is 1. The molecule has 0 radical (unpaired) electrons. The van der Waals surface area contributed by atoms with Crippen molar-refractivity contribution in [1.29, 1.82) is 0 Å². The van der Waals surface area contributed by atoms with E-state index in [2.05, 4.69) is 0 Å². The van der Waals surface area contributed by atoms with E-state index in [0.29, 0.717) is 12.2 Å². The first-order valence-electron chi connectivity index (χ1n) is 5.93. The normalized spacial score (nSPS) is 15.9. The topological polar surface area (TPSA) is 42.6 Å². The van der Waals surface area contributed by atoms with Crippen LogP contribution in [-0.2, 0) is 6.42 Å². The Labute approximate surface area is 110 Å². The SMILES string of the molecule is OC(c1ccoc1Cl)c1cccc2c1OCCC2. The van der Waals surface area contributed by atoms with E-state index in [-0.39, 0.29) is 5.22 Å². The Kier molecular flexibility index (Phi) is 3.02. The summed E-state index contributed by atoms with van der Waals surface area (Å²) in [6.07, 6.45) is 2.65. The Hall–Kier alpha value is -1.45. The number of aryl methyl sites for hydroxylation is 1. The molecule has 1 aromatic heterocycles. The smallest absolute Gasteiger partial charge is 0.199 e. The van der Waals surface area contributed by atoms with Gasteiger partial charge in [-0.2, -0.15) is 0 Å². The van der Waals surface area contributed by atoms with Crippen LogP contribution in [0.2, 0.25) is 5.22 Å². The fourth-order valence-electron chi connectivity index (χ4n) is 2.30. The molecule has 1 atom stereocenters. The summed E-state index contributed by atoms with van der Waals surface area (Å²) in [5.41, 5.74) is 2.45. The lowest BCUT2D eigenvalue weighted by Gasteiger charge is -2.22. The molecule has 0 spiro atoms. The number of halogens is 1. The molecule has 3 rings (SSSR count). The van der Waals surface area contributed by atoms with Gasteiger partial charge in [0.05, 0.1) is 12.9 Å². The summed E-state index contributed by atoms with van der Waals surface area (Å²) in [5.74, 6) is 0.786. The molecule has 1 N–H and O–H groups in total. The van der Waals surface area contributed by atoms with Crippen molar-refractivity contribution in [2.24, 2.45) is 0 Å². The van der Waals surface area contributed by atoms with Gasteiger partial charge in [-0.25, -0.2) is 0 Å². The van der Waals surface area contributed by atoms with Crippen LogP contribution in [0.25, 0.3) is 0 Å². The Morgan fingerprint density at radius 3 is 2.89 bits per heavy atom. The van der Waals surface area contributed by atoms with Crippen LogP contribution in [0, 0.1) is 0 Å². The Morgan fingerprint density at radius 1 is 1.22 bits per heavy atom. The van der Waals surface area contributed by atoms with E-state index in [1.165, 1.54) is 6.26 Å². The molecule has 1 aliphatic heterocycles. The quantitative estimate of drug-likeness (QED) is 0.905. The highest BCUT2D eigenvalue weighted by Gasteiger charge is 2.23. The van der Waals surface area contributed by atoms with Gasteiger partial charge in [-0.3, -0.25) is 0 Å². The van der Waals surface area contributed by atoms with Gasteiger partial charge < -0.3 is 14.3 Å². The van der Waals surface area contributed by atoms with Gasteiger partial charge >= 0.3 is 0 Å². The number of para-hydroxylation sites is 1. The molecule has 3 nitrogen and oxygen atoms in total. The molecule has 1 aliphatic rings. The predicted octanol–water partition coefficient (Wildman–Crippen LogP) is 3.34. The molecule has 0 fully saturated rings. The van der Waals surface area contributed by atoms with Crippen LogP contribution < -0.4 is 4.74 Å². The second-order valence-electron chi connectivity index (χ2n) is 4.34. The molecule has 0 bridgehead atoms. The van der Waals surface area contributed by atoms with Crippen LogP contribution in [0.15, 0.2) is 34.9 Å². The minimum Gasteiger partial charge on any atom is -0.493 e. The van der Waals surface area contributed by atoms with Crippen molar-refractivity contribution >= 4 is 11.6 Å². The number of rotatable bonds is 2. The standard InChI is InChI=1S/C14H13ClO3/c15-14-11(6-8-18-14)12(16)10-5-1-3-9-4-2-7-17-13(9)10/h1,3,5-6,8,12,16H,2,4,7H2. The van der Waals surface area contributed by atoms with Crippen molar-refractivity contribution in [3.05, 3.63) is 52.4 Å². The van der Waals surface area contributed by atoms with E-state index in [0.717, 1.165) is 29.7 Å². The Morgan fingerprint density at radius 2 is 2.11 bits per heavy atom. The van der Waals surface area contributed by atoms with Crippen molar-refractivity contribution in [3.8, 4) is 5.75 Å². The largest absolute Gasteiger partial charge is 0.493 e. The van der Waals surface area contributed by atoms with Crippen molar-refractivity contribution in [2.75, 3.05) is 6.61 Å². The third kappa shape index (κ3) is 1.89. The average molecular weight is 265 g/mol. The van der Waals surface area contributed by atoms with Crippen molar-refractivity contribution < 1.29 is 14.3 Å². The minimum atomic E-state index is -0.815. The van der Waals surface area contributed by atoms with Crippen LogP contribution in [0.5, 0.6) is 5.75 Å². The van der Waals surface area contributed by atoms with Crippen LogP contribution in [0.4, 0.5) is 0 Å². The molecule has 18 heavy (non-hydrogen) atoms. The molecule has 4 heteroatoms. The maximum absolute atomic E-state index is 10.4. The zero-order chi connectivity index (χ0) is 12.5. The lowest BCUT2D eigenvalue weighted by Crippen LogP contribution is -2.12. The van der Waals surface area contributed by atoms with Crippen LogP contribution in [0.3, 0.4) is 0 Å². The number of benzene rings is 1. The lowest BCUT2D eigenvalue weighted by atomic mass is 9.97. The van der Waals surface area contributed by atoms with Gasteiger partial charge in [-0.15, -0.1) is 0 Å². The van der Waals surface area contributed by atoms with E-state index in [4.69, 9.17) is 20.8 Å². The summed E-state index contributed by atoms with van der Waals surface area (Å²) in [6.45, 7) is 0.690. The van der Waals surface area contributed by atoms with Crippen molar-refractivity contribution in [3.63, 3.8) is 0 Å². The highest BCUT2D eigenvalue weighted by molar-refractivity contribution is 6.29. The van der Waals surface area contributed by atoms with E-state index < -0.39 is 6.10 Å². The Bertz CT molecular complexity index is 562. The molecule has 1 unspecified atom stereocenters.